The first kappa shape index (κ1) is 17.2. The Morgan fingerprint density at radius 3 is 2.27 bits per heavy atom. The van der Waals surface area contributed by atoms with Crippen molar-refractivity contribution in [2.75, 3.05) is 19.6 Å². The molecule has 1 fully saturated rings. The smallest absolute Gasteiger partial charge is 0.269 e. The number of piperidine rings is 1. The molecule has 0 N–H and O–H groups in total. The van der Waals surface area contributed by atoms with E-state index in [2.05, 4.69) is 17.0 Å². The number of nitrogens with zero attached hydrogens (tertiary/aromatic N) is 2. The SMILES string of the molecule is O=C1c2ccccc2S(=O)(=O)N1CC1CCN(Cc2ccccc2)CC1. The first-order chi connectivity index (χ1) is 12.6. The van der Waals surface area contributed by atoms with Gasteiger partial charge in [-0.05, 0) is 49.5 Å². The molecule has 136 valence electrons. The van der Waals surface area contributed by atoms with Gasteiger partial charge in [0, 0.05) is 13.1 Å². The largest absolute Gasteiger partial charge is 0.299 e. The molecule has 0 aliphatic carbocycles. The summed E-state index contributed by atoms with van der Waals surface area (Å²) in [5, 5.41) is 0. The van der Waals surface area contributed by atoms with Crippen LogP contribution in [0.3, 0.4) is 0 Å². The fraction of sp³-hybridized carbons (Fsp3) is 0.350. The minimum atomic E-state index is -3.69. The van der Waals surface area contributed by atoms with Gasteiger partial charge in [-0.3, -0.25) is 9.69 Å². The quantitative estimate of drug-likeness (QED) is 0.830. The number of carbonyl (C=O) groups is 1. The van der Waals surface area contributed by atoms with Gasteiger partial charge in [0.2, 0.25) is 0 Å². The van der Waals surface area contributed by atoms with Crippen LogP contribution in [0.4, 0.5) is 0 Å². The fourth-order valence-electron chi connectivity index (χ4n) is 3.81. The number of sulfonamides is 1. The number of benzene rings is 2. The third kappa shape index (κ3) is 3.15. The standard InChI is InChI=1S/C20H22N2O3S/c23-20-18-8-4-5-9-19(18)26(24,25)22(20)15-17-10-12-21(13-11-17)14-16-6-2-1-3-7-16/h1-9,17H,10-15H2. The van der Waals surface area contributed by atoms with Crippen molar-refractivity contribution in [1.82, 2.24) is 9.21 Å². The maximum Gasteiger partial charge on any atom is 0.269 e. The average Bonchev–Trinajstić information content (AvgIpc) is 2.85. The summed E-state index contributed by atoms with van der Waals surface area (Å²) in [6, 6.07) is 16.8. The Morgan fingerprint density at radius 2 is 1.58 bits per heavy atom. The summed E-state index contributed by atoms with van der Waals surface area (Å²) in [6.07, 6.45) is 1.81. The van der Waals surface area contributed by atoms with Gasteiger partial charge in [0.25, 0.3) is 15.9 Å². The van der Waals surface area contributed by atoms with Crippen LogP contribution in [0.25, 0.3) is 0 Å². The normalized spacial score (nSPS) is 20.3. The molecule has 2 aromatic carbocycles. The molecule has 0 bridgehead atoms. The van der Waals surface area contributed by atoms with Gasteiger partial charge in [-0.25, -0.2) is 12.7 Å². The third-order valence-electron chi connectivity index (χ3n) is 5.29. The molecule has 0 saturated carbocycles. The van der Waals surface area contributed by atoms with Gasteiger partial charge in [0.05, 0.1) is 5.56 Å². The lowest BCUT2D eigenvalue weighted by molar-refractivity contribution is 0.0832. The number of likely N-dealkylation sites (tertiary alicyclic amines) is 1. The van der Waals surface area contributed by atoms with Crippen molar-refractivity contribution in [3.63, 3.8) is 0 Å². The van der Waals surface area contributed by atoms with Crippen LogP contribution in [0.15, 0.2) is 59.5 Å². The zero-order valence-corrected chi connectivity index (χ0v) is 15.4. The van der Waals surface area contributed by atoms with E-state index >= 15 is 0 Å². The van der Waals surface area contributed by atoms with Crippen LogP contribution in [0, 0.1) is 5.92 Å². The van der Waals surface area contributed by atoms with Crippen LogP contribution in [0.2, 0.25) is 0 Å². The Labute approximate surface area is 154 Å². The highest BCUT2D eigenvalue weighted by Crippen LogP contribution is 2.32. The molecular weight excluding hydrogens is 348 g/mol. The molecule has 0 unspecified atom stereocenters. The second-order valence-electron chi connectivity index (χ2n) is 7.04. The van der Waals surface area contributed by atoms with E-state index in [1.165, 1.54) is 11.6 Å². The Hall–Kier alpha value is -2.18. The first-order valence-corrected chi connectivity index (χ1v) is 10.4. The summed E-state index contributed by atoms with van der Waals surface area (Å²) in [4.78, 5) is 15.1. The minimum absolute atomic E-state index is 0.145. The lowest BCUT2D eigenvalue weighted by Gasteiger charge is -2.33. The third-order valence-corrected chi connectivity index (χ3v) is 7.10. The summed E-state index contributed by atoms with van der Waals surface area (Å²) in [7, 11) is -3.69. The van der Waals surface area contributed by atoms with E-state index in [4.69, 9.17) is 0 Å². The number of rotatable bonds is 4. The Balaban J connectivity index is 1.39. The van der Waals surface area contributed by atoms with Gasteiger partial charge < -0.3 is 0 Å². The minimum Gasteiger partial charge on any atom is -0.299 e. The molecule has 0 aromatic heterocycles. The van der Waals surface area contributed by atoms with Crippen molar-refractivity contribution >= 4 is 15.9 Å². The zero-order valence-electron chi connectivity index (χ0n) is 14.5. The molecule has 2 aliphatic rings. The molecule has 5 nitrogen and oxygen atoms in total. The van der Waals surface area contributed by atoms with Crippen LogP contribution in [0.1, 0.15) is 28.8 Å². The highest BCUT2D eigenvalue weighted by atomic mass is 32.2. The zero-order chi connectivity index (χ0) is 18.1. The van der Waals surface area contributed by atoms with Crippen LogP contribution in [-0.4, -0.2) is 43.2 Å². The summed E-state index contributed by atoms with van der Waals surface area (Å²) >= 11 is 0. The topological polar surface area (TPSA) is 57.7 Å². The van der Waals surface area contributed by atoms with Crippen molar-refractivity contribution in [1.29, 1.82) is 0 Å². The molecular formula is C20H22N2O3S. The summed E-state index contributed by atoms with van der Waals surface area (Å²) in [5.41, 5.74) is 1.59. The van der Waals surface area contributed by atoms with E-state index in [1.807, 2.05) is 18.2 Å². The van der Waals surface area contributed by atoms with E-state index in [-0.39, 0.29) is 23.3 Å². The summed E-state index contributed by atoms with van der Waals surface area (Å²) < 4.78 is 26.4. The van der Waals surface area contributed by atoms with Gasteiger partial charge in [0.1, 0.15) is 4.90 Å². The second kappa shape index (κ2) is 6.85. The fourth-order valence-corrected chi connectivity index (χ4v) is 5.46. The van der Waals surface area contributed by atoms with E-state index in [0.29, 0.717) is 5.56 Å². The molecule has 0 radical (unpaired) electrons. The summed E-state index contributed by atoms with van der Waals surface area (Å²) in [5.74, 6) is -0.164. The summed E-state index contributed by atoms with van der Waals surface area (Å²) in [6.45, 7) is 3.05. The van der Waals surface area contributed by atoms with Crippen LogP contribution >= 0.6 is 0 Å². The van der Waals surface area contributed by atoms with Gasteiger partial charge in [-0.1, -0.05) is 42.5 Å². The number of amides is 1. The predicted octanol–water partition coefficient (Wildman–Crippen LogP) is 2.74. The van der Waals surface area contributed by atoms with E-state index < -0.39 is 10.0 Å². The lowest BCUT2D eigenvalue weighted by atomic mass is 9.96. The maximum absolute atomic E-state index is 12.7. The average molecular weight is 370 g/mol. The van der Waals surface area contributed by atoms with Crippen LogP contribution in [-0.2, 0) is 16.6 Å². The number of hydrogen-bond donors (Lipinski definition) is 0. The van der Waals surface area contributed by atoms with Crippen molar-refractivity contribution in [2.24, 2.45) is 5.92 Å². The van der Waals surface area contributed by atoms with Crippen LogP contribution in [0.5, 0.6) is 0 Å². The molecule has 2 aromatic rings. The molecule has 0 atom stereocenters. The number of hydrogen-bond acceptors (Lipinski definition) is 4. The van der Waals surface area contributed by atoms with E-state index in [9.17, 15) is 13.2 Å². The lowest BCUT2D eigenvalue weighted by Crippen LogP contribution is -2.40. The molecule has 1 saturated heterocycles. The Bertz CT molecular complexity index is 904. The van der Waals surface area contributed by atoms with Crippen molar-refractivity contribution < 1.29 is 13.2 Å². The highest BCUT2D eigenvalue weighted by Gasteiger charge is 2.41. The van der Waals surface area contributed by atoms with Gasteiger partial charge in [-0.2, -0.15) is 0 Å². The maximum atomic E-state index is 12.7. The Kier molecular flexibility index (Phi) is 4.54. The molecule has 26 heavy (non-hydrogen) atoms. The van der Waals surface area contributed by atoms with Crippen molar-refractivity contribution in [2.45, 2.75) is 24.3 Å². The van der Waals surface area contributed by atoms with Gasteiger partial charge >= 0.3 is 0 Å². The highest BCUT2D eigenvalue weighted by molar-refractivity contribution is 7.90. The molecule has 2 heterocycles. The molecule has 6 heteroatoms. The van der Waals surface area contributed by atoms with Gasteiger partial charge in [-0.15, -0.1) is 0 Å². The molecule has 0 spiro atoms. The van der Waals surface area contributed by atoms with Gasteiger partial charge in [0.15, 0.2) is 0 Å². The molecule has 2 aliphatic heterocycles. The number of fused-ring (bicyclic) bond motifs is 1. The molecule has 4 rings (SSSR count). The predicted molar refractivity (Wildman–Crippen MR) is 99.1 cm³/mol. The first-order valence-electron chi connectivity index (χ1n) is 8.98. The monoisotopic (exact) mass is 370 g/mol. The molecule has 1 amide bonds. The van der Waals surface area contributed by atoms with E-state index in [0.717, 1.165) is 36.8 Å². The van der Waals surface area contributed by atoms with Crippen molar-refractivity contribution in [3.8, 4) is 0 Å². The van der Waals surface area contributed by atoms with Crippen molar-refractivity contribution in [3.05, 3.63) is 65.7 Å². The van der Waals surface area contributed by atoms with E-state index in [1.54, 1.807) is 18.2 Å². The Morgan fingerprint density at radius 1 is 0.923 bits per heavy atom. The second-order valence-corrected chi connectivity index (χ2v) is 8.87. The number of carbonyl (C=O) groups excluding carboxylic acids is 1. The van der Waals surface area contributed by atoms with Crippen LogP contribution < -0.4 is 0 Å².